The van der Waals surface area contributed by atoms with Gasteiger partial charge in [-0.1, -0.05) is 0 Å². The maximum Gasteiger partial charge on any atom is 0.227 e. The third-order valence-electron chi connectivity index (χ3n) is 4.21. The summed E-state index contributed by atoms with van der Waals surface area (Å²) in [5.41, 5.74) is -0.241. The van der Waals surface area contributed by atoms with Crippen molar-refractivity contribution >= 4 is 5.91 Å². The summed E-state index contributed by atoms with van der Waals surface area (Å²) in [7, 11) is 0. The van der Waals surface area contributed by atoms with Crippen LogP contribution in [0.15, 0.2) is 0 Å². The molecule has 2 rings (SSSR count). The molecule has 3 N–H and O–H groups in total. The lowest BCUT2D eigenvalue weighted by Crippen LogP contribution is -2.49. The maximum absolute atomic E-state index is 12.1. The predicted octanol–water partition coefficient (Wildman–Crippen LogP) is 0.653. The van der Waals surface area contributed by atoms with Gasteiger partial charge >= 0.3 is 0 Å². The highest BCUT2D eigenvalue weighted by Crippen LogP contribution is 2.27. The summed E-state index contributed by atoms with van der Waals surface area (Å²) in [5, 5.41) is 15.8. The molecule has 1 heterocycles. The van der Waals surface area contributed by atoms with Crippen LogP contribution >= 0.6 is 0 Å². The van der Waals surface area contributed by atoms with Crippen LogP contribution in [0.2, 0.25) is 0 Å². The molecule has 98 valence electrons. The molecule has 0 aromatic heterocycles. The fraction of sp³-hybridized carbons (Fsp3) is 0.923. The third kappa shape index (κ3) is 3.19. The van der Waals surface area contributed by atoms with E-state index in [0.717, 1.165) is 51.7 Å². The van der Waals surface area contributed by atoms with Crippen molar-refractivity contribution in [2.24, 2.45) is 11.3 Å². The Morgan fingerprint density at radius 2 is 2.35 bits per heavy atom. The molecule has 3 unspecified atom stereocenters. The van der Waals surface area contributed by atoms with E-state index in [1.807, 2.05) is 6.92 Å². The lowest BCUT2D eigenvalue weighted by Gasteiger charge is -2.33. The van der Waals surface area contributed by atoms with Crippen LogP contribution in [0, 0.1) is 11.3 Å². The number of carbonyl (C=O) groups excluding carboxylic acids is 1. The van der Waals surface area contributed by atoms with E-state index in [1.54, 1.807) is 0 Å². The molecule has 1 amide bonds. The van der Waals surface area contributed by atoms with Crippen molar-refractivity contribution in [2.45, 2.75) is 45.1 Å². The molecule has 2 aliphatic rings. The molecule has 0 aromatic rings. The van der Waals surface area contributed by atoms with E-state index in [2.05, 4.69) is 10.6 Å². The number of amides is 1. The van der Waals surface area contributed by atoms with E-state index >= 15 is 0 Å². The van der Waals surface area contributed by atoms with Crippen molar-refractivity contribution in [3.8, 4) is 0 Å². The van der Waals surface area contributed by atoms with Gasteiger partial charge in [-0.15, -0.1) is 0 Å². The Balaban J connectivity index is 1.76. The van der Waals surface area contributed by atoms with Gasteiger partial charge < -0.3 is 15.7 Å². The first-order chi connectivity index (χ1) is 8.10. The van der Waals surface area contributed by atoms with E-state index in [-0.39, 0.29) is 17.4 Å². The highest BCUT2D eigenvalue weighted by Gasteiger charge is 2.35. The topological polar surface area (TPSA) is 61.4 Å². The van der Waals surface area contributed by atoms with Crippen molar-refractivity contribution in [1.82, 2.24) is 10.6 Å². The molecule has 2 fully saturated rings. The molecule has 1 saturated carbocycles. The quantitative estimate of drug-likeness (QED) is 0.679. The Bertz CT molecular complexity index is 275. The first-order valence-electron chi connectivity index (χ1n) is 6.77. The molecule has 4 nitrogen and oxygen atoms in total. The van der Waals surface area contributed by atoms with Gasteiger partial charge in [0.1, 0.15) is 0 Å². The number of aliphatic hydroxyl groups excluding tert-OH is 1. The lowest BCUT2D eigenvalue weighted by molar-refractivity contribution is -0.131. The summed E-state index contributed by atoms with van der Waals surface area (Å²) in [4.78, 5) is 12.1. The zero-order chi connectivity index (χ0) is 12.3. The van der Waals surface area contributed by atoms with Crippen molar-refractivity contribution in [1.29, 1.82) is 0 Å². The van der Waals surface area contributed by atoms with Crippen molar-refractivity contribution in [3.63, 3.8) is 0 Å². The fourth-order valence-electron chi connectivity index (χ4n) is 2.93. The molecular formula is C13H24N2O2. The summed E-state index contributed by atoms with van der Waals surface area (Å²) in [6.07, 6.45) is 4.67. The molecule has 0 radical (unpaired) electrons. The Labute approximate surface area is 103 Å². The predicted molar refractivity (Wildman–Crippen MR) is 66.6 cm³/mol. The molecule has 1 aliphatic heterocycles. The van der Waals surface area contributed by atoms with Gasteiger partial charge in [0.2, 0.25) is 5.91 Å². The molecule has 0 aromatic carbocycles. The molecule has 0 spiro atoms. The molecule has 1 aliphatic carbocycles. The molecule has 17 heavy (non-hydrogen) atoms. The van der Waals surface area contributed by atoms with E-state index in [4.69, 9.17) is 0 Å². The van der Waals surface area contributed by atoms with Gasteiger partial charge in [-0.2, -0.15) is 0 Å². The van der Waals surface area contributed by atoms with Crippen molar-refractivity contribution in [2.75, 3.05) is 19.6 Å². The van der Waals surface area contributed by atoms with Crippen molar-refractivity contribution in [3.05, 3.63) is 0 Å². The van der Waals surface area contributed by atoms with Crippen molar-refractivity contribution < 1.29 is 9.90 Å². The number of nitrogens with one attached hydrogen (secondary N) is 2. The largest absolute Gasteiger partial charge is 0.393 e. The molecule has 4 heteroatoms. The summed E-state index contributed by atoms with van der Waals surface area (Å²) < 4.78 is 0. The zero-order valence-corrected chi connectivity index (χ0v) is 10.7. The smallest absolute Gasteiger partial charge is 0.227 e. The number of rotatable bonds is 3. The van der Waals surface area contributed by atoms with Crippen LogP contribution in [0.1, 0.15) is 39.0 Å². The minimum Gasteiger partial charge on any atom is -0.393 e. The number of aliphatic hydroxyl groups is 1. The summed E-state index contributed by atoms with van der Waals surface area (Å²) >= 11 is 0. The Hall–Kier alpha value is -0.610. The SMILES string of the molecule is CC1(C(=O)NCC2CCC(O)C2)CCCNC1. The van der Waals surface area contributed by atoms with Gasteiger partial charge in [-0.05, 0) is 51.5 Å². The average Bonchev–Trinajstić information content (AvgIpc) is 2.73. The second kappa shape index (κ2) is 5.36. The minimum absolute atomic E-state index is 0.149. The zero-order valence-electron chi connectivity index (χ0n) is 10.7. The van der Waals surface area contributed by atoms with Gasteiger partial charge in [0.15, 0.2) is 0 Å². The van der Waals surface area contributed by atoms with Crippen LogP contribution in [0.4, 0.5) is 0 Å². The van der Waals surface area contributed by atoms with Gasteiger partial charge in [-0.25, -0.2) is 0 Å². The summed E-state index contributed by atoms with van der Waals surface area (Å²) in [5.74, 6) is 0.639. The lowest BCUT2D eigenvalue weighted by atomic mass is 9.82. The minimum atomic E-state index is -0.241. The Kier molecular flexibility index (Phi) is 4.05. The second-order valence-corrected chi connectivity index (χ2v) is 5.88. The van der Waals surface area contributed by atoms with Gasteiger partial charge in [-0.3, -0.25) is 4.79 Å². The van der Waals surface area contributed by atoms with E-state index in [0.29, 0.717) is 5.92 Å². The van der Waals surface area contributed by atoms with Crippen LogP contribution in [0.5, 0.6) is 0 Å². The number of carbonyl (C=O) groups is 1. The van der Waals surface area contributed by atoms with Crippen LogP contribution < -0.4 is 10.6 Å². The van der Waals surface area contributed by atoms with Crippen LogP contribution in [0.25, 0.3) is 0 Å². The summed E-state index contributed by atoms with van der Waals surface area (Å²) in [6.45, 7) is 4.58. The van der Waals surface area contributed by atoms with Crippen LogP contribution in [0.3, 0.4) is 0 Å². The molecular weight excluding hydrogens is 216 g/mol. The molecule has 1 saturated heterocycles. The standard InChI is InChI=1S/C13H24N2O2/c1-13(5-2-6-14-9-13)12(17)15-8-10-3-4-11(16)7-10/h10-11,14,16H,2-9H2,1H3,(H,15,17). The van der Waals surface area contributed by atoms with Gasteiger partial charge in [0.25, 0.3) is 0 Å². The van der Waals surface area contributed by atoms with E-state index < -0.39 is 0 Å². The highest BCUT2D eigenvalue weighted by atomic mass is 16.3. The summed E-state index contributed by atoms with van der Waals surface area (Å²) in [6, 6.07) is 0. The van der Waals surface area contributed by atoms with Crippen LogP contribution in [-0.2, 0) is 4.79 Å². The maximum atomic E-state index is 12.1. The average molecular weight is 240 g/mol. The monoisotopic (exact) mass is 240 g/mol. The van der Waals surface area contributed by atoms with Gasteiger partial charge in [0.05, 0.1) is 11.5 Å². The first-order valence-corrected chi connectivity index (χ1v) is 6.77. The highest BCUT2D eigenvalue weighted by molar-refractivity contribution is 5.82. The number of piperidine rings is 1. The van der Waals surface area contributed by atoms with Gasteiger partial charge in [0, 0.05) is 13.1 Å². The Morgan fingerprint density at radius 3 is 2.94 bits per heavy atom. The number of hydrogen-bond acceptors (Lipinski definition) is 3. The van der Waals surface area contributed by atoms with E-state index in [1.165, 1.54) is 0 Å². The first kappa shape index (κ1) is 12.8. The number of hydrogen-bond donors (Lipinski definition) is 3. The second-order valence-electron chi connectivity index (χ2n) is 5.88. The third-order valence-corrected chi connectivity index (χ3v) is 4.21. The Morgan fingerprint density at radius 1 is 1.53 bits per heavy atom. The normalized spacial score (nSPS) is 38.0. The molecule has 3 atom stereocenters. The van der Waals surface area contributed by atoms with E-state index in [9.17, 15) is 9.90 Å². The van der Waals surface area contributed by atoms with Crippen LogP contribution in [-0.4, -0.2) is 36.8 Å². The fourth-order valence-corrected chi connectivity index (χ4v) is 2.93. The molecule has 0 bridgehead atoms.